The number of hydrogen-bond donors (Lipinski definition) is 1. The molecule has 0 fully saturated rings. The Morgan fingerprint density at radius 3 is 2.36 bits per heavy atom. The van der Waals surface area contributed by atoms with E-state index in [9.17, 15) is 5.11 Å². The van der Waals surface area contributed by atoms with Crippen LogP contribution in [-0.4, -0.2) is 11.2 Å². The van der Waals surface area contributed by atoms with Crippen molar-refractivity contribution in [3.63, 3.8) is 0 Å². The Morgan fingerprint density at radius 2 is 2.00 bits per heavy atom. The van der Waals surface area contributed by atoms with Crippen LogP contribution in [0.5, 0.6) is 0 Å². The molecule has 0 radical (unpaired) electrons. The Morgan fingerprint density at radius 1 is 1.43 bits per heavy atom. The summed E-state index contributed by atoms with van der Waals surface area (Å²) in [6, 6.07) is 0. The van der Waals surface area contributed by atoms with E-state index >= 15 is 0 Å². The third kappa shape index (κ3) is 2.62. The molecule has 0 bridgehead atoms. The Kier molecular flexibility index (Phi) is 2.78. The second-order valence-corrected chi connectivity index (χ2v) is 5.75. The van der Waals surface area contributed by atoms with Gasteiger partial charge in [0, 0.05) is 11.0 Å². The average molecular weight is 192 g/mol. The van der Waals surface area contributed by atoms with E-state index in [4.69, 9.17) is 0 Å². The summed E-state index contributed by atoms with van der Waals surface area (Å²) in [4.78, 5) is 0. The minimum atomic E-state index is -0.391. The first-order valence-corrected chi connectivity index (χ1v) is 5.14. The lowest BCUT2D eigenvalue weighted by Crippen LogP contribution is -2.25. The summed E-state index contributed by atoms with van der Waals surface area (Å²) in [5.41, 5.74) is 0.861. The predicted octanol–water partition coefficient (Wildman–Crippen LogP) is 2.75. The van der Waals surface area contributed by atoms with Crippen LogP contribution >= 0.6 is 0 Å². The molecule has 1 N–H and O–H groups in total. The van der Waals surface area contributed by atoms with Crippen LogP contribution in [0.3, 0.4) is 0 Å². The predicted molar refractivity (Wildman–Crippen MR) is 59.7 cm³/mol. The zero-order valence-corrected chi connectivity index (χ0v) is 9.81. The van der Waals surface area contributed by atoms with Gasteiger partial charge in [-0.2, -0.15) is 0 Å². The van der Waals surface area contributed by atoms with E-state index in [1.165, 1.54) is 0 Å². The van der Waals surface area contributed by atoms with E-state index in [0.29, 0.717) is 0 Å². The van der Waals surface area contributed by atoms with Gasteiger partial charge in [-0.1, -0.05) is 31.8 Å². The molecule has 78 valence electrons. The molecule has 0 aromatic carbocycles. The largest absolute Gasteiger partial charge is 0.387 e. The Labute approximate surface area is 87.2 Å². The average Bonchev–Trinajstić information content (AvgIpc) is 2.24. The highest BCUT2D eigenvalue weighted by Crippen LogP contribution is 2.36. The van der Waals surface area contributed by atoms with Crippen molar-refractivity contribution >= 4 is 0 Å². The van der Waals surface area contributed by atoms with Crippen LogP contribution in [0, 0.1) is 22.7 Å². The lowest BCUT2D eigenvalue weighted by Gasteiger charge is -2.23. The molecule has 0 aromatic heterocycles. The first-order valence-electron chi connectivity index (χ1n) is 5.14. The van der Waals surface area contributed by atoms with Crippen LogP contribution in [-0.2, 0) is 0 Å². The van der Waals surface area contributed by atoms with Crippen molar-refractivity contribution in [1.82, 2.24) is 0 Å². The van der Waals surface area contributed by atoms with Crippen molar-refractivity contribution in [3.05, 3.63) is 11.6 Å². The van der Waals surface area contributed by atoms with Crippen molar-refractivity contribution in [1.29, 1.82) is 0 Å². The molecule has 1 aliphatic rings. The standard InChI is InChI=1S/C13H20O/c1-12(2,3)8-6-10-7-9-13(4,5)11(10)14/h7,11,14H,9H2,1-5H3. The highest BCUT2D eigenvalue weighted by molar-refractivity contribution is 5.38. The third-order valence-corrected chi connectivity index (χ3v) is 2.46. The van der Waals surface area contributed by atoms with Gasteiger partial charge in [0.05, 0.1) is 6.10 Å². The Balaban J connectivity index is 2.78. The van der Waals surface area contributed by atoms with Gasteiger partial charge < -0.3 is 5.11 Å². The SMILES string of the molecule is CC(C)(C)C#CC1=CCC(C)(C)C1O. The fourth-order valence-corrected chi connectivity index (χ4v) is 1.40. The number of aliphatic hydroxyl groups excluding tert-OH is 1. The van der Waals surface area contributed by atoms with Crippen LogP contribution in [0.1, 0.15) is 41.0 Å². The van der Waals surface area contributed by atoms with Gasteiger partial charge in [-0.15, -0.1) is 0 Å². The molecule has 1 unspecified atom stereocenters. The highest BCUT2D eigenvalue weighted by Gasteiger charge is 2.34. The van der Waals surface area contributed by atoms with Crippen molar-refractivity contribution in [2.45, 2.75) is 47.1 Å². The normalized spacial score (nSPS) is 25.3. The smallest absolute Gasteiger partial charge is 0.0918 e. The summed E-state index contributed by atoms with van der Waals surface area (Å²) < 4.78 is 0. The van der Waals surface area contributed by atoms with Crippen molar-refractivity contribution in [2.24, 2.45) is 10.8 Å². The van der Waals surface area contributed by atoms with E-state index < -0.39 is 6.10 Å². The lowest BCUT2D eigenvalue weighted by atomic mass is 9.86. The quantitative estimate of drug-likeness (QED) is 0.585. The molecule has 0 heterocycles. The highest BCUT2D eigenvalue weighted by atomic mass is 16.3. The molecule has 0 saturated heterocycles. The maximum Gasteiger partial charge on any atom is 0.0918 e. The number of aliphatic hydroxyl groups is 1. The van der Waals surface area contributed by atoms with Crippen LogP contribution in [0.25, 0.3) is 0 Å². The summed E-state index contributed by atoms with van der Waals surface area (Å²) in [6.45, 7) is 10.4. The molecule has 1 atom stereocenters. The molecule has 0 aromatic rings. The molecule has 0 amide bonds. The van der Waals surface area contributed by atoms with E-state index in [-0.39, 0.29) is 10.8 Å². The molecule has 1 heteroatoms. The summed E-state index contributed by atoms with van der Waals surface area (Å²) >= 11 is 0. The minimum absolute atomic E-state index is 0.00723. The molecule has 1 aliphatic carbocycles. The van der Waals surface area contributed by atoms with Gasteiger partial charge in [0.2, 0.25) is 0 Å². The van der Waals surface area contributed by atoms with Crippen LogP contribution in [0.15, 0.2) is 11.6 Å². The first kappa shape index (κ1) is 11.3. The van der Waals surface area contributed by atoms with E-state index in [1.54, 1.807) is 0 Å². The first-order chi connectivity index (χ1) is 6.22. The van der Waals surface area contributed by atoms with Gasteiger partial charge in [-0.25, -0.2) is 0 Å². The fourth-order valence-electron chi connectivity index (χ4n) is 1.40. The van der Waals surface area contributed by atoms with E-state index in [2.05, 4.69) is 52.5 Å². The summed E-state index contributed by atoms with van der Waals surface area (Å²) in [5.74, 6) is 6.24. The molecule has 0 saturated carbocycles. The number of hydrogen-bond acceptors (Lipinski definition) is 1. The van der Waals surface area contributed by atoms with Crippen molar-refractivity contribution in [3.8, 4) is 11.8 Å². The zero-order valence-electron chi connectivity index (χ0n) is 9.81. The molecular formula is C13H20O. The third-order valence-electron chi connectivity index (χ3n) is 2.46. The molecule has 1 nitrogen and oxygen atoms in total. The summed E-state index contributed by atoms with van der Waals surface area (Å²) in [6.07, 6.45) is 2.59. The second-order valence-electron chi connectivity index (χ2n) is 5.75. The molecular weight excluding hydrogens is 172 g/mol. The second kappa shape index (κ2) is 3.44. The van der Waals surface area contributed by atoms with Gasteiger partial charge in [0.15, 0.2) is 0 Å². The van der Waals surface area contributed by atoms with Crippen LogP contribution < -0.4 is 0 Å². The summed E-state index contributed by atoms with van der Waals surface area (Å²) in [5, 5.41) is 9.94. The van der Waals surface area contributed by atoms with Crippen LogP contribution in [0.2, 0.25) is 0 Å². The van der Waals surface area contributed by atoms with E-state index in [1.807, 2.05) is 0 Å². The maximum atomic E-state index is 9.94. The zero-order chi connectivity index (χ0) is 11.0. The number of allylic oxidation sites excluding steroid dienone is 1. The fraction of sp³-hybridized carbons (Fsp3) is 0.692. The maximum absolute atomic E-state index is 9.94. The number of rotatable bonds is 0. The van der Waals surface area contributed by atoms with Gasteiger partial charge in [0.1, 0.15) is 0 Å². The summed E-state index contributed by atoms with van der Waals surface area (Å²) in [7, 11) is 0. The van der Waals surface area contributed by atoms with E-state index in [0.717, 1.165) is 12.0 Å². The molecule has 0 aliphatic heterocycles. The Bertz CT molecular complexity index is 304. The lowest BCUT2D eigenvalue weighted by molar-refractivity contribution is 0.101. The topological polar surface area (TPSA) is 20.2 Å². The van der Waals surface area contributed by atoms with Gasteiger partial charge in [-0.05, 0) is 32.6 Å². The van der Waals surface area contributed by atoms with Crippen LogP contribution in [0.4, 0.5) is 0 Å². The monoisotopic (exact) mass is 192 g/mol. The molecule has 0 spiro atoms. The van der Waals surface area contributed by atoms with Gasteiger partial charge in [-0.3, -0.25) is 0 Å². The van der Waals surface area contributed by atoms with Crippen molar-refractivity contribution < 1.29 is 5.11 Å². The Hall–Kier alpha value is -0.740. The van der Waals surface area contributed by atoms with Crippen molar-refractivity contribution in [2.75, 3.05) is 0 Å². The van der Waals surface area contributed by atoms with Gasteiger partial charge >= 0.3 is 0 Å². The molecule has 14 heavy (non-hydrogen) atoms. The van der Waals surface area contributed by atoms with Gasteiger partial charge in [0.25, 0.3) is 0 Å². The minimum Gasteiger partial charge on any atom is -0.387 e. The molecule has 1 rings (SSSR count).